The summed E-state index contributed by atoms with van der Waals surface area (Å²) >= 11 is 0. The maximum absolute atomic E-state index is 12.6. The van der Waals surface area contributed by atoms with Gasteiger partial charge in [-0.05, 0) is 30.5 Å². The minimum atomic E-state index is -1.16. The Morgan fingerprint density at radius 1 is 1.05 bits per heavy atom. The second-order valence-electron chi connectivity index (χ2n) is 5.42. The molecule has 1 N–H and O–H groups in total. The molecular formula is C17H17NO3. The maximum Gasteiger partial charge on any atom is 0.341 e. The van der Waals surface area contributed by atoms with E-state index >= 15 is 0 Å². The van der Waals surface area contributed by atoms with Crippen molar-refractivity contribution in [2.24, 2.45) is 0 Å². The first-order valence-electron chi connectivity index (χ1n) is 7.23. The summed E-state index contributed by atoms with van der Waals surface area (Å²) in [4.78, 5) is 23.8. The highest BCUT2D eigenvalue weighted by Gasteiger charge is 2.23. The van der Waals surface area contributed by atoms with Gasteiger partial charge in [-0.2, -0.15) is 0 Å². The topological polar surface area (TPSA) is 59.3 Å². The summed E-state index contributed by atoms with van der Waals surface area (Å²) in [7, 11) is 0. The first-order chi connectivity index (χ1) is 10.2. The smallest absolute Gasteiger partial charge is 0.341 e. The van der Waals surface area contributed by atoms with Crippen LogP contribution in [0, 0.1) is 0 Å². The van der Waals surface area contributed by atoms with Gasteiger partial charge in [0.15, 0.2) is 0 Å². The lowest BCUT2D eigenvalue weighted by atomic mass is 10.1. The van der Waals surface area contributed by atoms with Crippen molar-refractivity contribution in [1.29, 1.82) is 0 Å². The van der Waals surface area contributed by atoms with Crippen LogP contribution in [0.4, 0.5) is 0 Å². The van der Waals surface area contributed by atoms with E-state index in [1.165, 1.54) is 6.07 Å². The van der Waals surface area contributed by atoms with E-state index < -0.39 is 11.5 Å². The van der Waals surface area contributed by atoms with Crippen LogP contribution in [0.5, 0.6) is 0 Å². The molecule has 3 rings (SSSR count). The molecule has 0 bridgehead atoms. The number of hydrogen-bond acceptors (Lipinski definition) is 2. The molecule has 0 spiro atoms. The van der Waals surface area contributed by atoms with Crippen molar-refractivity contribution in [2.45, 2.75) is 31.7 Å². The standard InChI is InChI=1S/C17H17NO3/c19-16-14(17(20)21)10-11-15(12-6-2-1-3-7-12)18(16)13-8-4-5-9-13/h1-3,6-7,10-11,13H,4-5,8-9H2,(H,20,21). The fraction of sp³-hybridized carbons (Fsp3) is 0.294. The van der Waals surface area contributed by atoms with Crippen LogP contribution in [-0.2, 0) is 0 Å². The summed E-state index contributed by atoms with van der Waals surface area (Å²) in [5.41, 5.74) is 1.20. The molecule has 108 valence electrons. The van der Waals surface area contributed by atoms with Gasteiger partial charge in [0.1, 0.15) is 5.56 Å². The van der Waals surface area contributed by atoms with E-state index in [-0.39, 0.29) is 11.6 Å². The summed E-state index contributed by atoms with van der Waals surface area (Å²) in [5.74, 6) is -1.16. The molecule has 0 radical (unpaired) electrons. The van der Waals surface area contributed by atoms with Gasteiger partial charge in [-0.1, -0.05) is 43.2 Å². The number of carbonyl (C=O) groups is 1. The van der Waals surface area contributed by atoms with Gasteiger partial charge in [-0.15, -0.1) is 0 Å². The lowest BCUT2D eigenvalue weighted by Gasteiger charge is -2.19. The zero-order valence-corrected chi connectivity index (χ0v) is 11.7. The van der Waals surface area contributed by atoms with Gasteiger partial charge in [0.2, 0.25) is 0 Å². The molecule has 0 saturated heterocycles. The van der Waals surface area contributed by atoms with E-state index in [1.807, 2.05) is 30.3 Å². The lowest BCUT2D eigenvalue weighted by Crippen LogP contribution is -2.29. The van der Waals surface area contributed by atoms with Gasteiger partial charge >= 0.3 is 5.97 Å². The highest BCUT2D eigenvalue weighted by atomic mass is 16.4. The predicted octanol–water partition coefficient (Wildman–Crippen LogP) is 3.33. The van der Waals surface area contributed by atoms with E-state index in [1.54, 1.807) is 10.6 Å². The van der Waals surface area contributed by atoms with E-state index in [0.717, 1.165) is 36.9 Å². The van der Waals surface area contributed by atoms with E-state index in [4.69, 9.17) is 0 Å². The molecule has 1 aromatic heterocycles. The Morgan fingerprint density at radius 2 is 1.71 bits per heavy atom. The van der Waals surface area contributed by atoms with Crippen LogP contribution in [0.1, 0.15) is 42.1 Å². The summed E-state index contributed by atoms with van der Waals surface area (Å²) in [6, 6.07) is 12.9. The molecule has 1 aliphatic rings. The molecule has 2 aromatic rings. The van der Waals surface area contributed by atoms with E-state index in [0.29, 0.717) is 0 Å². The third-order valence-corrected chi connectivity index (χ3v) is 4.11. The molecular weight excluding hydrogens is 266 g/mol. The molecule has 0 atom stereocenters. The molecule has 4 nitrogen and oxygen atoms in total. The summed E-state index contributed by atoms with van der Waals surface area (Å²) in [6.07, 6.45) is 4.04. The molecule has 0 unspecified atom stereocenters. The molecule has 1 saturated carbocycles. The monoisotopic (exact) mass is 283 g/mol. The number of aromatic nitrogens is 1. The van der Waals surface area contributed by atoms with Gasteiger partial charge in [0.25, 0.3) is 5.56 Å². The van der Waals surface area contributed by atoms with Crippen LogP contribution in [-0.4, -0.2) is 15.6 Å². The minimum absolute atomic E-state index is 0.104. The second-order valence-corrected chi connectivity index (χ2v) is 5.42. The number of benzene rings is 1. The Kier molecular flexibility index (Phi) is 3.60. The Bertz CT molecular complexity index is 713. The molecule has 1 aromatic carbocycles. The lowest BCUT2D eigenvalue weighted by molar-refractivity contribution is 0.0694. The number of pyridine rings is 1. The third kappa shape index (κ3) is 2.49. The van der Waals surface area contributed by atoms with Gasteiger partial charge < -0.3 is 9.67 Å². The zero-order chi connectivity index (χ0) is 14.8. The quantitative estimate of drug-likeness (QED) is 0.940. The number of hydrogen-bond donors (Lipinski definition) is 1. The van der Waals surface area contributed by atoms with Crippen molar-refractivity contribution in [3.05, 3.63) is 58.4 Å². The first-order valence-corrected chi connectivity index (χ1v) is 7.23. The normalized spacial score (nSPS) is 15.2. The molecule has 0 amide bonds. The van der Waals surface area contributed by atoms with Crippen molar-refractivity contribution in [3.8, 4) is 11.3 Å². The Labute approximate surface area is 122 Å². The highest BCUT2D eigenvalue weighted by molar-refractivity contribution is 5.87. The summed E-state index contributed by atoms with van der Waals surface area (Å²) in [6.45, 7) is 0. The Balaban J connectivity index is 2.22. The third-order valence-electron chi connectivity index (χ3n) is 4.11. The van der Waals surface area contributed by atoms with Gasteiger partial charge in [-0.3, -0.25) is 4.79 Å². The number of carboxylic acid groups (broad SMARTS) is 1. The van der Waals surface area contributed by atoms with Gasteiger partial charge in [0, 0.05) is 6.04 Å². The van der Waals surface area contributed by atoms with Gasteiger partial charge in [-0.25, -0.2) is 4.79 Å². The summed E-state index contributed by atoms with van der Waals surface area (Å²) in [5, 5.41) is 9.18. The maximum atomic E-state index is 12.6. The molecule has 1 aliphatic carbocycles. The SMILES string of the molecule is O=C(O)c1ccc(-c2ccccc2)n(C2CCCC2)c1=O. The van der Waals surface area contributed by atoms with Gasteiger partial charge in [0.05, 0.1) is 5.69 Å². The Morgan fingerprint density at radius 3 is 2.33 bits per heavy atom. The molecule has 21 heavy (non-hydrogen) atoms. The minimum Gasteiger partial charge on any atom is -0.477 e. The van der Waals surface area contributed by atoms with Crippen molar-refractivity contribution in [2.75, 3.05) is 0 Å². The van der Waals surface area contributed by atoms with Crippen molar-refractivity contribution >= 4 is 5.97 Å². The van der Waals surface area contributed by atoms with E-state index in [2.05, 4.69) is 0 Å². The van der Waals surface area contributed by atoms with Crippen LogP contribution in [0.2, 0.25) is 0 Å². The van der Waals surface area contributed by atoms with Crippen molar-refractivity contribution in [1.82, 2.24) is 4.57 Å². The molecule has 0 aliphatic heterocycles. The molecule has 4 heteroatoms. The number of carboxylic acids is 1. The van der Waals surface area contributed by atoms with Crippen molar-refractivity contribution < 1.29 is 9.90 Å². The summed E-state index contributed by atoms with van der Waals surface area (Å²) < 4.78 is 1.69. The van der Waals surface area contributed by atoms with Crippen LogP contribution >= 0.6 is 0 Å². The van der Waals surface area contributed by atoms with Crippen LogP contribution in [0.25, 0.3) is 11.3 Å². The second kappa shape index (κ2) is 5.56. The van der Waals surface area contributed by atoms with Crippen LogP contribution in [0.3, 0.4) is 0 Å². The zero-order valence-electron chi connectivity index (χ0n) is 11.7. The highest BCUT2D eigenvalue weighted by Crippen LogP contribution is 2.32. The molecule has 1 fully saturated rings. The number of aromatic carboxylic acids is 1. The predicted molar refractivity (Wildman–Crippen MR) is 80.6 cm³/mol. The van der Waals surface area contributed by atoms with Crippen LogP contribution < -0.4 is 5.56 Å². The number of rotatable bonds is 3. The fourth-order valence-corrected chi connectivity index (χ4v) is 3.08. The average Bonchev–Trinajstić information content (AvgIpc) is 3.01. The molecule has 1 heterocycles. The van der Waals surface area contributed by atoms with Crippen LogP contribution in [0.15, 0.2) is 47.3 Å². The fourth-order valence-electron chi connectivity index (χ4n) is 3.08. The van der Waals surface area contributed by atoms with E-state index in [9.17, 15) is 14.7 Å². The van der Waals surface area contributed by atoms with Crippen molar-refractivity contribution in [3.63, 3.8) is 0 Å². The first kappa shape index (κ1) is 13.6. The Hall–Kier alpha value is -2.36. The average molecular weight is 283 g/mol. The largest absolute Gasteiger partial charge is 0.477 e. The number of nitrogens with zero attached hydrogens (tertiary/aromatic N) is 1.